The van der Waals surface area contributed by atoms with Gasteiger partial charge in [0.15, 0.2) is 0 Å². The second-order valence-electron chi connectivity index (χ2n) is 3.58. The summed E-state index contributed by atoms with van der Waals surface area (Å²) >= 11 is 1.53. The molecule has 0 bridgehead atoms. The summed E-state index contributed by atoms with van der Waals surface area (Å²) in [5.41, 5.74) is 6.26. The van der Waals surface area contributed by atoms with Gasteiger partial charge in [-0.05, 0) is 20.2 Å². The number of hydrogen-bond acceptors (Lipinski definition) is 5. The summed E-state index contributed by atoms with van der Waals surface area (Å²) in [6.07, 6.45) is 1.33. The zero-order valence-corrected chi connectivity index (χ0v) is 10.1. The molecule has 0 spiro atoms. The van der Waals surface area contributed by atoms with Gasteiger partial charge in [0, 0.05) is 18.5 Å². The van der Waals surface area contributed by atoms with Crippen LogP contribution in [0.5, 0.6) is 0 Å². The van der Waals surface area contributed by atoms with Gasteiger partial charge < -0.3 is 15.7 Å². The molecule has 6 heteroatoms. The van der Waals surface area contributed by atoms with Gasteiger partial charge in [0.25, 0.3) is 0 Å². The van der Waals surface area contributed by atoms with Crippen LogP contribution in [0.1, 0.15) is 10.4 Å². The quantitative estimate of drug-likeness (QED) is 0.749. The molecular weight excluding hydrogens is 226 g/mol. The average Bonchev–Trinajstić information content (AvgIpc) is 2.19. The Hall–Kier alpha value is -1.27. The van der Waals surface area contributed by atoms with Crippen molar-refractivity contribution in [3.63, 3.8) is 0 Å². The summed E-state index contributed by atoms with van der Waals surface area (Å²) in [5, 5.41) is 9.43. The van der Waals surface area contributed by atoms with Crippen LogP contribution in [0.25, 0.3) is 0 Å². The fraction of sp³-hybridized carbons (Fsp3) is 0.400. The number of rotatable bonds is 5. The predicted octanol–water partition coefficient (Wildman–Crippen LogP) is 1.02. The highest BCUT2D eigenvalue weighted by Gasteiger charge is 2.07. The van der Waals surface area contributed by atoms with Crippen molar-refractivity contribution in [2.24, 2.45) is 0 Å². The van der Waals surface area contributed by atoms with E-state index in [-0.39, 0.29) is 5.56 Å². The molecule has 0 aliphatic heterocycles. The van der Waals surface area contributed by atoms with E-state index in [1.54, 1.807) is 0 Å². The lowest BCUT2D eigenvalue weighted by molar-refractivity contribution is 0.0696. The molecule has 1 heterocycles. The van der Waals surface area contributed by atoms with Gasteiger partial charge in [-0.15, -0.1) is 11.8 Å². The van der Waals surface area contributed by atoms with E-state index in [0.717, 1.165) is 12.3 Å². The van der Waals surface area contributed by atoms with Crippen molar-refractivity contribution >= 4 is 23.4 Å². The van der Waals surface area contributed by atoms with Gasteiger partial charge in [0.2, 0.25) is 0 Å². The van der Waals surface area contributed by atoms with Crippen molar-refractivity contribution in [1.29, 1.82) is 0 Å². The highest BCUT2D eigenvalue weighted by Crippen LogP contribution is 2.22. The molecule has 0 aliphatic carbocycles. The van der Waals surface area contributed by atoms with Gasteiger partial charge >= 0.3 is 5.97 Å². The topological polar surface area (TPSA) is 79.5 Å². The first-order chi connectivity index (χ1) is 7.50. The molecular formula is C10H15N3O2S. The molecule has 0 saturated heterocycles. The van der Waals surface area contributed by atoms with E-state index in [9.17, 15) is 4.79 Å². The Bertz CT molecular complexity index is 382. The molecule has 0 unspecified atom stereocenters. The van der Waals surface area contributed by atoms with E-state index in [2.05, 4.69) is 9.88 Å². The number of nitrogens with zero attached hydrogens (tertiary/aromatic N) is 2. The fourth-order valence-electron chi connectivity index (χ4n) is 1.03. The van der Waals surface area contributed by atoms with E-state index in [0.29, 0.717) is 10.7 Å². The Morgan fingerprint density at radius 3 is 2.81 bits per heavy atom. The highest BCUT2D eigenvalue weighted by atomic mass is 32.2. The van der Waals surface area contributed by atoms with Crippen molar-refractivity contribution in [2.75, 3.05) is 32.1 Å². The third kappa shape index (κ3) is 3.71. The first-order valence-electron chi connectivity index (χ1n) is 4.77. The molecule has 0 radical (unpaired) electrons. The van der Waals surface area contributed by atoms with E-state index in [1.807, 2.05) is 14.1 Å². The van der Waals surface area contributed by atoms with Gasteiger partial charge in [0.1, 0.15) is 5.03 Å². The molecule has 3 N–H and O–H groups in total. The molecule has 0 saturated carbocycles. The zero-order chi connectivity index (χ0) is 12.1. The maximum Gasteiger partial charge on any atom is 0.337 e. The molecule has 88 valence electrons. The largest absolute Gasteiger partial charge is 0.478 e. The summed E-state index contributed by atoms with van der Waals surface area (Å²) in [7, 11) is 3.98. The summed E-state index contributed by atoms with van der Waals surface area (Å²) in [6, 6.07) is 1.44. The second-order valence-corrected chi connectivity index (χ2v) is 4.66. The van der Waals surface area contributed by atoms with Crippen LogP contribution < -0.4 is 5.73 Å². The summed E-state index contributed by atoms with van der Waals surface area (Å²) in [6.45, 7) is 0.923. The second kappa shape index (κ2) is 5.72. The summed E-state index contributed by atoms with van der Waals surface area (Å²) < 4.78 is 0. The number of anilines is 1. The Balaban J connectivity index is 2.64. The van der Waals surface area contributed by atoms with Crippen molar-refractivity contribution < 1.29 is 9.90 Å². The molecule has 0 amide bonds. The van der Waals surface area contributed by atoms with Crippen molar-refractivity contribution in [3.05, 3.63) is 17.8 Å². The minimum absolute atomic E-state index is 0.120. The number of carboxylic acid groups (broad SMARTS) is 1. The zero-order valence-electron chi connectivity index (χ0n) is 9.30. The molecule has 0 atom stereocenters. The maximum atomic E-state index is 10.7. The smallest absolute Gasteiger partial charge is 0.337 e. The van der Waals surface area contributed by atoms with Crippen LogP contribution in [0, 0.1) is 0 Å². The number of carboxylic acids is 1. The van der Waals surface area contributed by atoms with Crippen molar-refractivity contribution in [1.82, 2.24) is 9.88 Å². The Morgan fingerprint density at radius 2 is 2.31 bits per heavy atom. The monoisotopic (exact) mass is 241 g/mol. The number of hydrogen-bond donors (Lipinski definition) is 2. The van der Waals surface area contributed by atoms with Crippen molar-refractivity contribution in [2.45, 2.75) is 5.03 Å². The van der Waals surface area contributed by atoms with Gasteiger partial charge in [-0.25, -0.2) is 9.78 Å². The van der Waals surface area contributed by atoms with E-state index in [4.69, 9.17) is 10.8 Å². The lowest BCUT2D eigenvalue weighted by Gasteiger charge is -2.09. The minimum atomic E-state index is -1.01. The lowest BCUT2D eigenvalue weighted by Crippen LogP contribution is -2.15. The third-order valence-corrected chi connectivity index (χ3v) is 2.90. The number of pyridine rings is 1. The number of aromatic carboxylic acids is 1. The summed E-state index contributed by atoms with van der Waals surface area (Å²) in [4.78, 5) is 16.8. The number of aromatic nitrogens is 1. The first-order valence-corrected chi connectivity index (χ1v) is 5.75. The van der Waals surface area contributed by atoms with Gasteiger partial charge in [-0.3, -0.25) is 0 Å². The van der Waals surface area contributed by atoms with E-state index in [1.165, 1.54) is 24.0 Å². The van der Waals surface area contributed by atoms with Crippen LogP contribution in [0.4, 0.5) is 5.69 Å². The van der Waals surface area contributed by atoms with Gasteiger partial charge in [-0.1, -0.05) is 0 Å². The number of carbonyl (C=O) groups is 1. The average molecular weight is 241 g/mol. The minimum Gasteiger partial charge on any atom is -0.478 e. The van der Waals surface area contributed by atoms with Crippen LogP contribution in [0.2, 0.25) is 0 Å². The normalized spacial score (nSPS) is 10.7. The highest BCUT2D eigenvalue weighted by molar-refractivity contribution is 7.99. The number of nitrogen functional groups attached to an aromatic ring is 1. The number of thioether (sulfide) groups is 1. The van der Waals surface area contributed by atoms with Gasteiger partial charge in [0.05, 0.1) is 11.3 Å². The molecule has 1 rings (SSSR count). The van der Waals surface area contributed by atoms with Crippen LogP contribution >= 0.6 is 11.8 Å². The molecule has 1 aromatic rings. The standard InChI is InChI=1S/C10H15N3O2S/c1-13(2)3-4-16-9-8(11)5-7(6-12-9)10(14)15/h5-6H,3-4,11H2,1-2H3,(H,14,15). The first kappa shape index (κ1) is 12.8. The lowest BCUT2D eigenvalue weighted by atomic mass is 10.3. The summed E-state index contributed by atoms with van der Waals surface area (Å²) in [5.74, 6) is -0.139. The van der Waals surface area contributed by atoms with Crippen LogP contribution in [-0.2, 0) is 0 Å². The molecule has 1 aromatic heterocycles. The third-order valence-electron chi connectivity index (χ3n) is 1.90. The fourth-order valence-corrected chi connectivity index (χ4v) is 2.03. The Labute approximate surface area is 98.7 Å². The maximum absolute atomic E-state index is 10.7. The number of nitrogens with two attached hydrogens (primary N) is 1. The van der Waals surface area contributed by atoms with Crippen LogP contribution in [0.3, 0.4) is 0 Å². The van der Waals surface area contributed by atoms with Crippen molar-refractivity contribution in [3.8, 4) is 0 Å². The van der Waals surface area contributed by atoms with E-state index >= 15 is 0 Å². The molecule has 0 aromatic carbocycles. The van der Waals surface area contributed by atoms with Gasteiger partial charge in [-0.2, -0.15) is 0 Å². The predicted molar refractivity (Wildman–Crippen MR) is 64.9 cm³/mol. The Morgan fingerprint density at radius 1 is 1.62 bits per heavy atom. The molecule has 0 aliphatic rings. The van der Waals surface area contributed by atoms with Crippen LogP contribution in [-0.4, -0.2) is 47.4 Å². The van der Waals surface area contributed by atoms with E-state index < -0.39 is 5.97 Å². The Kier molecular flexibility index (Phi) is 4.57. The SMILES string of the molecule is CN(C)CCSc1ncc(C(=O)O)cc1N. The van der Waals surface area contributed by atoms with Crippen LogP contribution in [0.15, 0.2) is 17.3 Å². The molecule has 5 nitrogen and oxygen atoms in total. The molecule has 16 heavy (non-hydrogen) atoms. The molecule has 0 fully saturated rings.